The molecule has 0 unspecified atom stereocenters. The molecule has 0 aliphatic heterocycles. The quantitative estimate of drug-likeness (QED) is 0.287. The lowest BCUT2D eigenvalue weighted by molar-refractivity contribution is -0.385. The van der Waals surface area contributed by atoms with Crippen LogP contribution in [0.15, 0.2) is 47.7 Å². The molecule has 154 valence electrons. The number of benzene rings is 1. The third-order valence-electron chi connectivity index (χ3n) is 4.76. The summed E-state index contributed by atoms with van der Waals surface area (Å²) in [6.45, 7) is 5.82. The van der Waals surface area contributed by atoms with Gasteiger partial charge in [-0.1, -0.05) is 6.07 Å². The fraction of sp³-hybridized carbons (Fsp3) is 0.190. The van der Waals surface area contributed by atoms with Gasteiger partial charge in [0.2, 0.25) is 0 Å². The third kappa shape index (κ3) is 4.04. The first-order chi connectivity index (χ1) is 14.3. The number of aryl methyl sites for hydroxylation is 1. The van der Waals surface area contributed by atoms with Gasteiger partial charge in [-0.2, -0.15) is 5.10 Å². The lowest BCUT2D eigenvalue weighted by Crippen LogP contribution is -2.08. The smallest absolute Gasteiger partial charge is 0.338 e. The summed E-state index contributed by atoms with van der Waals surface area (Å²) >= 11 is 0. The number of anilines is 1. The molecule has 0 amide bonds. The van der Waals surface area contributed by atoms with E-state index in [-0.39, 0.29) is 11.7 Å². The predicted octanol–water partition coefficient (Wildman–Crippen LogP) is 3.94. The van der Waals surface area contributed by atoms with Gasteiger partial charge in [0.15, 0.2) is 0 Å². The maximum absolute atomic E-state index is 12.0. The van der Waals surface area contributed by atoms with Gasteiger partial charge < -0.3 is 9.30 Å². The lowest BCUT2D eigenvalue weighted by Gasteiger charge is -2.15. The number of hydrogen-bond donors (Lipinski definition) is 1. The minimum absolute atomic E-state index is 0.0855. The number of pyridine rings is 1. The maximum atomic E-state index is 12.0. The second kappa shape index (κ2) is 8.56. The fourth-order valence-corrected chi connectivity index (χ4v) is 3.21. The monoisotopic (exact) mass is 407 g/mol. The molecule has 0 radical (unpaired) electrons. The molecule has 0 aliphatic carbocycles. The predicted molar refractivity (Wildman–Crippen MR) is 113 cm³/mol. The van der Waals surface area contributed by atoms with Crippen LogP contribution in [-0.4, -0.2) is 33.8 Å². The average molecular weight is 407 g/mol. The molecule has 2 aromatic heterocycles. The van der Waals surface area contributed by atoms with E-state index in [1.54, 1.807) is 12.3 Å². The second-order valence-electron chi connectivity index (χ2n) is 6.63. The van der Waals surface area contributed by atoms with Crippen molar-refractivity contribution in [3.63, 3.8) is 0 Å². The van der Waals surface area contributed by atoms with Gasteiger partial charge in [0, 0.05) is 28.7 Å². The molecule has 9 heteroatoms. The molecule has 0 atom stereocenters. The highest BCUT2D eigenvalue weighted by molar-refractivity contribution is 5.92. The number of hydrogen-bond acceptors (Lipinski definition) is 7. The van der Waals surface area contributed by atoms with Crippen molar-refractivity contribution in [2.45, 2.75) is 20.8 Å². The van der Waals surface area contributed by atoms with Gasteiger partial charge in [-0.05, 0) is 50.6 Å². The molecule has 9 nitrogen and oxygen atoms in total. The Morgan fingerprint density at radius 2 is 2.03 bits per heavy atom. The first-order valence-corrected chi connectivity index (χ1v) is 9.10. The summed E-state index contributed by atoms with van der Waals surface area (Å²) in [6.07, 6.45) is 2.82. The standard InChI is InChI=1S/C21H21N5O4/c1-13-10-16(11-23-24-20-9-8-17(12-22-20)26(28)29)15(3)25(13)19-7-5-6-18(14(19)2)21(27)30-4/h5-12H,1-4H3,(H,22,24)/b23-11+. The van der Waals surface area contributed by atoms with E-state index in [1.165, 1.54) is 25.4 Å². The number of nitro groups is 1. The van der Waals surface area contributed by atoms with Crippen LogP contribution in [0.2, 0.25) is 0 Å². The first-order valence-electron chi connectivity index (χ1n) is 9.10. The molecule has 0 saturated heterocycles. The highest BCUT2D eigenvalue weighted by Gasteiger charge is 2.16. The van der Waals surface area contributed by atoms with Crippen molar-refractivity contribution in [3.8, 4) is 5.69 Å². The lowest BCUT2D eigenvalue weighted by atomic mass is 10.1. The normalized spacial score (nSPS) is 10.9. The van der Waals surface area contributed by atoms with E-state index in [1.807, 2.05) is 43.5 Å². The largest absolute Gasteiger partial charge is 0.465 e. The maximum Gasteiger partial charge on any atom is 0.338 e. The number of hydrazone groups is 1. The molecule has 3 aromatic rings. The van der Waals surface area contributed by atoms with Crippen molar-refractivity contribution in [1.82, 2.24) is 9.55 Å². The number of ether oxygens (including phenoxy) is 1. The van der Waals surface area contributed by atoms with Crippen LogP contribution in [0.1, 0.15) is 32.9 Å². The molecule has 1 N–H and O–H groups in total. The van der Waals surface area contributed by atoms with Crippen molar-refractivity contribution in [2.75, 3.05) is 12.5 Å². The Morgan fingerprint density at radius 1 is 1.27 bits per heavy atom. The summed E-state index contributed by atoms with van der Waals surface area (Å²) in [4.78, 5) is 26.2. The molecule has 0 saturated carbocycles. The summed E-state index contributed by atoms with van der Waals surface area (Å²) in [5, 5.41) is 14.9. The Bertz CT molecular complexity index is 1130. The Kier molecular flexibility index (Phi) is 5.91. The molecule has 0 spiro atoms. The van der Waals surface area contributed by atoms with Crippen molar-refractivity contribution in [2.24, 2.45) is 5.10 Å². The molecular weight excluding hydrogens is 386 g/mol. The van der Waals surface area contributed by atoms with E-state index in [9.17, 15) is 14.9 Å². The van der Waals surface area contributed by atoms with Crippen molar-refractivity contribution < 1.29 is 14.5 Å². The molecule has 0 bridgehead atoms. The number of carbonyl (C=O) groups excluding carboxylic acids is 1. The zero-order valence-electron chi connectivity index (χ0n) is 17.0. The number of nitrogens with one attached hydrogen (secondary N) is 1. The Labute approximate surface area is 173 Å². The molecule has 2 heterocycles. The number of methoxy groups -OCH3 is 1. The first kappa shape index (κ1) is 20.7. The van der Waals surface area contributed by atoms with E-state index in [4.69, 9.17) is 4.74 Å². The Hall–Kier alpha value is -4.01. The number of nitrogens with zero attached hydrogens (tertiary/aromatic N) is 4. The molecule has 3 rings (SSSR count). The molecule has 0 fully saturated rings. The zero-order valence-corrected chi connectivity index (χ0v) is 17.0. The molecule has 1 aromatic carbocycles. The number of rotatable bonds is 6. The Balaban J connectivity index is 1.87. The molecular formula is C21H21N5O4. The molecule has 30 heavy (non-hydrogen) atoms. The van der Waals surface area contributed by atoms with Gasteiger partial charge >= 0.3 is 5.97 Å². The summed E-state index contributed by atoms with van der Waals surface area (Å²) in [6, 6.07) is 10.3. The Morgan fingerprint density at radius 3 is 2.67 bits per heavy atom. The van der Waals surface area contributed by atoms with Crippen LogP contribution >= 0.6 is 0 Å². The van der Waals surface area contributed by atoms with Crippen LogP contribution in [0.25, 0.3) is 5.69 Å². The van der Waals surface area contributed by atoms with E-state index in [2.05, 4.69) is 15.5 Å². The van der Waals surface area contributed by atoms with Crippen LogP contribution in [0, 0.1) is 30.9 Å². The van der Waals surface area contributed by atoms with Crippen LogP contribution in [-0.2, 0) is 4.74 Å². The van der Waals surface area contributed by atoms with Crippen LogP contribution in [0.3, 0.4) is 0 Å². The van der Waals surface area contributed by atoms with Gasteiger partial charge in [-0.25, -0.2) is 9.78 Å². The third-order valence-corrected chi connectivity index (χ3v) is 4.76. The van der Waals surface area contributed by atoms with E-state index < -0.39 is 4.92 Å². The summed E-state index contributed by atoms with van der Waals surface area (Å²) in [7, 11) is 1.36. The summed E-state index contributed by atoms with van der Waals surface area (Å²) in [5.41, 5.74) is 7.71. The van der Waals surface area contributed by atoms with Crippen molar-refractivity contribution in [1.29, 1.82) is 0 Å². The fourth-order valence-electron chi connectivity index (χ4n) is 3.21. The van der Waals surface area contributed by atoms with Crippen LogP contribution < -0.4 is 5.43 Å². The summed E-state index contributed by atoms with van der Waals surface area (Å²) < 4.78 is 6.92. The number of aromatic nitrogens is 2. The van der Waals surface area contributed by atoms with Gasteiger partial charge in [-0.3, -0.25) is 15.5 Å². The van der Waals surface area contributed by atoms with Crippen LogP contribution in [0.4, 0.5) is 11.5 Å². The van der Waals surface area contributed by atoms with Crippen molar-refractivity contribution >= 4 is 23.7 Å². The van der Waals surface area contributed by atoms with Gasteiger partial charge in [0.05, 0.1) is 23.8 Å². The van der Waals surface area contributed by atoms with Gasteiger partial charge in [-0.15, -0.1) is 0 Å². The second-order valence-corrected chi connectivity index (χ2v) is 6.63. The number of esters is 1. The number of carbonyl (C=O) groups is 1. The van der Waals surface area contributed by atoms with Crippen LogP contribution in [0.5, 0.6) is 0 Å². The SMILES string of the molecule is COC(=O)c1cccc(-n2c(C)cc(/C=N/Nc3ccc([N+](=O)[O-])cn3)c2C)c1C. The van der Waals surface area contributed by atoms with E-state index in [0.29, 0.717) is 11.4 Å². The van der Waals surface area contributed by atoms with Gasteiger partial charge in [0.25, 0.3) is 5.69 Å². The van der Waals surface area contributed by atoms with Crippen molar-refractivity contribution in [3.05, 3.63) is 80.8 Å². The minimum Gasteiger partial charge on any atom is -0.465 e. The summed E-state index contributed by atoms with van der Waals surface area (Å²) in [5.74, 6) is 0.0191. The van der Waals surface area contributed by atoms with Gasteiger partial charge in [0.1, 0.15) is 12.0 Å². The van der Waals surface area contributed by atoms with E-state index >= 15 is 0 Å². The highest BCUT2D eigenvalue weighted by atomic mass is 16.6. The zero-order chi connectivity index (χ0) is 21.8. The average Bonchev–Trinajstić information content (AvgIpc) is 3.01. The molecule has 0 aliphatic rings. The highest BCUT2D eigenvalue weighted by Crippen LogP contribution is 2.25. The van der Waals surface area contributed by atoms with E-state index in [0.717, 1.165) is 28.2 Å². The topological polar surface area (TPSA) is 112 Å². The minimum atomic E-state index is -0.508.